The molecule has 3 nitrogen and oxygen atoms in total. The van der Waals surface area contributed by atoms with Crippen molar-refractivity contribution >= 4 is 5.78 Å². The summed E-state index contributed by atoms with van der Waals surface area (Å²) in [4.78, 5) is 16.4. The number of benzene rings is 1. The molecule has 0 radical (unpaired) electrons. The number of rotatable bonds is 6. The Kier molecular flexibility index (Phi) is 5.42. The van der Waals surface area contributed by atoms with Crippen LogP contribution in [0, 0.1) is 11.6 Å². The Morgan fingerprint density at radius 3 is 2.86 bits per heavy atom. The van der Waals surface area contributed by atoms with Gasteiger partial charge in [-0.3, -0.25) is 4.79 Å². The predicted molar refractivity (Wildman–Crippen MR) is 78.5 cm³/mol. The van der Waals surface area contributed by atoms with Crippen molar-refractivity contribution in [2.24, 2.45) is 0 Å². The Labute approximate surface area is 124 Å². The normalized spacial score (nSPS) is 19.4. The fourth-order valence-electron chi connectivity index (χ4n) is 2.81. The minimum Gasteiger partial charge on any atom is -0.304 e. The van der Waals surface area contributed by atoms with E-state index in [0.717, 1.165) is 19.2 Å². The Morgan fingerprint density at radius 1 is 1.43 bits per heavy atom. The van der Waals surface area contributed by atoms with Crippen LogP contribution in [0.25, 0.3) is 0 Å². The Bertz CT molecular complexity index is 507. The Hall–Kier alpha value is -1.33. The van der Waals surface area contributed by atoms with Crippen LogP contribution in [-0.4, -0.2) is 55.4 Å². The summed E-state index contributed by atoms with van der Waals surface area (Å²) in [6.45, 7) is 2.57. The number of likely N-dealkylation sites (N-methyl/N-ethyl adjacent to an activating group) is 2. The van der Waals surface area contributed by atoms with Crippen molar-refractivity contribution in [2.45, 2.75) is 25.3 Å². The van der Waals surface area contributed by atoms with Gasteiger partial charge in [0.25, 0.3) is 0 Å². The van der Waals surface area contributed by atoms with Gasteiger partial charge in [0.2, 0.25) is 0 Å². The highest BCUT2D eigenvalue weighted by atomic mass is 19.2. The number of Topliss-reactive ketones (excluding diaryl/α,β-unsaturated/α-hetero) is 1. The van der Waals surface area contributed by atoms with E-state index in [2.05, 4.69) is 16.8 Å². The van der Waals surface area contributed by atoms with Gasteiger partial charge in [-0.15, -0.1) is 0 Å². The number of halogens is 2. The van der Waals surface area contributed by atoms with Crippen molar-refractivity contribution in [3.8, 4) is 0 Å². The van der Waals surface area contributed by atoms with Crippen LogP contribution in [0.2, 0.25) is 0 Å². The first kappa shape index (κ1) is 16.0. The van der Waals surface area contributed by atoms with E-state index >= 15 is 0 Å². The lowest BCUT2D eigenvalue weighted by Crippen LogP contribution is -2.37. The first-order valence-electron chi connectivity index (χ1n) is 7.35. The summed E-state index contributed by atoms with van der Waals surface area (Å²) < 4.78 is 26.6. The van der Waals surface area contributed by atoms with E-state index in [0.29, 0.717) is 12.6 Å². The van der Waals surface area contributed by atoms with Gasteiger partial charge in [0.1, 0.15) is 0 Å². The van der Waals surface area contributed by atoms with Gasteiger partial charge < -0.3 is 9.80 Å². The zero-order valence-corrected chi connectivity index (χ0v) is 12.6. The first-order chi connectivity index (χ1) is 9.99. The lowest BCUT2D eigenvalue weighted by atomic mass is 10.1. The number of carbonyl (C=O) groups excluding carboxylic acids is 1. The maximum Gasteiger partial charge on any atom is 0.169 e. The predicted octanol–water partition coefficient (Wildman–Crippen LogP) is 2.56. The van der Waals surface area contributed by atoms with Crippen LogP contribution in [-0.2, 0) is 0 Å². The highest BCUT2D eigenvalue weighted by molar-refractivity contribution is 5.96. The number of ketones is 1. The molecule has 5 heteroatoms. The third-order valence-electron chi connectivity index (χ3n) is 4.17. The molecule has 1 saturated heterocycles. The lowest BCUT2D eigenvalue weighted by molar-refractivity contribution is 0.0959. The molecule has 0 N–H and O–H groups in total. The highest BCUT2D eigenvalue weighted by Crippen LogP contribution is 2.16. The minimum absolute atomic E-state index is 0.151. The van der Waals surface area contributed by atoms with Gasteiger partial charge >= 0.3 is 0 Å². The van der Waals surface area contributed by atoms with Gasteiger partial charge in [-0.25, -0.2) is 8.78 Å². The van der Waals surface area contributed by atoms with Crippen LogP contribution in [0.4, 0.5) is 8.78 Å². The van der Waals surface area contributed by atoms with Crippen LogP contribution < -0.4 is 0 Å². The second kappa shape index (κ2) is 7.09. The molecule has 21 heavy (non-hydrogen) atoms. The van der Waals surface area contributed by atoms with Crippen LogP contribution in [0.5, 0.6) is 0 Å². The molecular formula is C16H22F2N2O. The highest BCUT2D eigenvalue weighted by Gasteiger charge is 2.22. The van der Waals surface area contributed by atoms with Gasteiger partial charge in [-0.1, -0.05) is 6.07 Å². The first-order valence-corrected chi connectivity index (χ1v) is 7.35. The fourth-order valence-corrected chi connectivity index (χ4v) is 2.81. The quantitative estimate of drug-likeness (QED) is 0.754. The number of nitrogens with zero attached hydrogens (tertiary/aromatic N) is 2. The molecule has 0 spiro atoms. The largest absolute Gasteiger partial charge is 0.304 e. The van der Waals surface area contributed by atoms with Crippen molar-refractivity contribution in [1.82, 2.24) is 9.80 Å². The molecule has 1 atom stereocenters. The van der Waals surface area contributed by atoms with E-state index in [1.807, 2.05) is 7.05 Å². The van der Waals surface area contributed by atoms with Gasteiger partial charge in [0.05, 0.1) is 5.56 Å². The second-order valence-electron chi connectivity index (χ2n) is 5.81. The smallest absolute Gasteiger partial charge is 0.169 e. The lowest BCUT2D eigenvalue weighted by Gasteiger charge is -2.25. The minimum atomic E-state index is -1.04. The standard InChI is InChI=1S/C16H22F2N2O/c1-19(11-12-5-4-9-20(12)2)10-8-15(21)13-6-3-7-14(17)16(13)18/h3,6-7,12H,4-5,8-11H2,1-2H3. The average Bonchev–Trinajstić information content (AvgIpc) is 2.84. The maximum absolute atomic E-state index is 13.5. The van der Waals surface area contributed by atoms with Crippen molar-refractivity contribution in [3.63, 3.8) is 0 Å². The molecule has 0 bridgehead atoms. The topological polar surface area (TPSA) is 23.6 Å². The summed E-state index contributed by atoms with van der Waals surface area (Å²) in [6.07, 6.45) is 2.59. The van der Waals surface area contributed by atoms with Gasteiger partial charge in [0.15, 0.2) is 17.4 Å². The number of hydrogen-bond acceptors (Lipinski definition) is 3. The third-order valence-corrected chi connectivity index (χ3v) is 4.17. The molecule has 116 valence electrons. The number of hydrogen-bond donors (Lipinski definition) is 0. The number of carbonyl (C=O) groups is 1. The molecule has 0 saturated carbocycles. The molecule has 1 aromatic rings. The Morgan fingerprint density at radius 2 is 2.19 bits per heavy atom. The Balaban J connectivity index is 1.84. The van der Waals surface area contributed by atoms with Crippen molar-refractivity contribution < 1.29 is 13.6 Å². The summed E-state index contributed by atoms with van der Waals surface area (Å²) in [6, 6.07) is 4.25. The van der Waals surface area contributed by atoms with Crippen LogP contribution >= 0.6 is 0 Å². The summed E-state index contributed by atoms with van der Waals surface area (Å²) in [7, 11) is 4.07. The summed E-state index contributed by atoms with van der Waals surface area (Å²) in [5.74, 6) is -2.36. The molecule has 1 aromatic carbocycles. The molecule has 1 aliphatic rings. The molecule has 1 fully saturated rings. The molecule has 1 heterocycles. The summed E-state index contributed by atoms with van der Waals surface area (Å²) in [5, 5.41) is 0. The molecular weight excluding hydrogens is 274 g/mol. The third kappa shape index (κ3) is 4.08. The zero-order chi connectivity index (χ0) is 15.4. The number of likely N-dealkylation sites (tertiary alicyclic amines) is 1. The fraction of sp³-hybridized carbons (Fsp3) is 0.562. The molecule has 2 rings (SSSR count). The van der Waals surface area contributed by atoms with Gasteiger partial charge in [-0.05, 0) is 45.6 Å². The summed E-state index contributed by atoms with van der Waals surface area (Å²) in [5.41, 5.74) is -0.151. The second-order valence-corrected chi connectivity index (χ2v) is 5.81. The maximum atomic E-state index is 13.5. The van der Waals surface area contributed by atoms with E-state index in [1.165, 1.54) is 25.0 Å². The van der Waals surface area contributed by atoms with E-state index in [1.54, 1.807) is 0 Å². The van der Waals surface area contributed by atoms with Gasteiger partial charge in [0, 0.05) is 25.6 Å². The van der Waals surface area contributed by atoms with Crippen LogP contribution in [0.3, 0.4) is 0 Å². The van der Waals surface area contributed by atoms with Crippen molar-refractivity contribution in [2.75, 3.05) is 33.7 Å². The van der Waals surface area contributed by atoms with E-state index in [4.69, 9.17) is 0 Å². The van der Waals surface area contributed by atoms with E-state index in [9.17, 15) is 13.6 Å². The molecule has 0 amide bonds. The van der Waals surface area contributed by atoms with Crippen molar-refractivity contribution in [3.05, 3.63) is 35.4 Å². The molecule has 0 aliphatic carbocycles. The van der Waals surface area contributed by atoms with E-state index in [-0.39, 0.29) is 17.8 Å². The van der Waals surface area contributed by atoms with Crippen LogP contribution in [0.1, 0.15) is 29.6 Å². The van der Waals surface area contributed by atoms with Gasteiger partial charge in [-0.2, -0.15) is 0 Å². The average molecular weight is 296 g/mol. The molecule has 1 unspecified atom stereocenters. The summed E-state index contributed by atoms with van der Waals surface area (Å²) >= 11 is 0. The van der Waals surface area contributed by atoms with E-state index < -0.39 is 11.6 Å². The zero-order valence-electron chi connectivity index (χ0n) is 12.6. The molecule has 0 aromatic heterocycles. The molecule has 1 aliphatic heterocycles. The SMILES string of the molecule is CN(CCC(=O)c1cccc(F)c1F)CC1CCCN1C. The van der Waals surface area contributed by atoms with Crippen molar-refractivity contribution in [1.29, 1.82) is 0 Å². The van der Waals surface area contributed by atoms with Crippen LogP contribution in [0.15, 0.2) is 18.2 Å². The monoisotopic (exact) mass is 296 g/mol.